The van der Waals surface area contributed by atoms with E-state index in [9.17, 15) is 9.59 Å². The fraction of sp³-hybridized carbons (Fsp3) is 0.385. The van der Waals surface area contributed by atoms with Crippen LogP contribution in [0.1, 0.15) is 55.5 Å². The van der Waals surface area contributed by atoms with Crippen LogP contribution >= 0.6 is 0 Å². The standard InChI is InChI=1S/C26H30N4O3/c1-4-5-16-33-24-23-26(32)29(18(2)3)14-15-30(23)22(28-25(24)31)17-20-8-6-7-9-21(20)19-10-12-27-13-11-19/h6-13,18H,4-5,14-17H2,1-3H3. The molecule has 7 heteroatoms. The van der Waals surface area contributed by atoms with Crippen molar-refractivity contribution in [2.45, 2.75) is 52.6 Å². The van der Waals surface area contributed by atoms with Crippen LogP contribution in [0.25, 0.3) is 11.1 Å². The molecule has 1 aliphatic heterocycles. The van der Waals surface area contributed by atoms with Gasteiger partial charge in [0.05, 0.1) is 6.61 Å². The van der Waals surface area contributed by atoms with Gasteiger partial charge in [0.25, 0.3) is 5.91 Å². The molecular weight excluding hydrogens is 416 g/mol. The Hall–Kier alpha value is -3.48. The lowest BCUT2D eigenvalue weighted by Gasteiger charge is -2.34. The molecule has 0 saturated carbocycles. The Morgan fingerprint density at radius 2 is 1.82 bits per heavy atom. The monoisotopic (exact) mass is 446 g/mol. The summed E-state index contributed by atoms with van der Waals surface area (Å²) < 4.78 is 7.70. The quantitative estimate of drug-likeness (QED) is 0.490. The largest absolute Gasteiger partial charge is 0.486 e. The minimum Gasteiger partial charge on any atom is -0.486 e. The van der Waals surface area contributed by atoms with Crippen molar-refractivity contribution in [3.05, 3.63) is 76.2 Å². The number of ether oxygens (including phenoxy) is 1. The summed E-state index contributed by atoms with van der Waals surface area (Å²) in [5.74, 6) is 0.479. The predicted molar refractivity (Wildman–Crippen MR) is 128 cm³/mol. The number of benzene rings is 1. The van der Waals surface area contributed by atoms with Crippen molar-refractivity contribution in [3.63, 3.8) is 0 Å². The van der Waals surface area contributed by atoms with Gasteiger partial charge in [-0.05, 0) is 49.1 Å². The molecule has 3 aromatic rings. The maximum atomic E-state index is 13.4. The second kappa shape index (κ2) is 9.98. The first-order valence-corrected chi connectivity index (χ1v) is 11.6. The lowest BCUT2D eigenvalue weighted by atomic mass is 9.98. The Balaban J connectivity index is 1.80. The molecule has 1 aliphatic rings. The van der Waals surface area contributed by atoms with Gasteiger partial charge in [0.1, 0.15) is 5.82 Å². The highest BCUT2D eigenvalue weighted by Crippen LogP contribution is 2.27. The van der Waals surface area contributed by atoms with Crippen LogP contribution in [-0.2, 0) is 13.0 Å². The van der Waals surface area contributed by atoms with Crippen LogP contribution < -0.4 is 10.3 Å². The zero-order valence-corrected chi connectivity index (χ0v) is 19.5. The third-order valence-corrected chi connectivity index (χ3v) is 5.97. The van der Waals surface area contributed by atoms with Crippen LogP contribution in [0.2, 0.25) is 0 Å². The van der Waals surface area contributed by atoms with E-state index in [2.05, 4.69) is 16.9 Å². The van der Waals surface area contributed by atoms with Gasteiger partial charge in [-0.3, -0.25) is 14.6 Å². The van der Waals surface area contributed by atoms with Crippen molar-refractivity contribution in [1.82, 2.24) is 19.4 Å². The van der Waals surface area contributed by atoms with Gasteiger partial charge in [0.15, 0.2) is 5.69 Å². The van der Waals surface area contributed by atoms with Crippen LogP contribution in [0.3, 0.4) is 0 Å². The van der Waals surface area contributed by atoms with E-state index >= 15 is 0 Å². The van der Waals surface area contributed by atoms with E-state index in [1.807, 2.05) is 54.8 Å². The number of hydrogen-bond acceptors (Lipinski definition) is 5. The first-order valence-electron chi connectivity index (χ1n) is 11.6. The van der Waals surface area contributed by atoms with Crippen LogP contribution in [-0.4, -0.2) is 44.5 Å². The normalized spacial score (nSPS) is 13.3. The summed E-state index contributed by atoms with van der Waals surface area (Å²) in [5, 5.41) is 0. The molecule has 0 atom stereocenters. The minimum atomic E-state index is -0.479. The lowest BCUT2D eigenvalue weighted by Crippen LogP contribution is -2.46. The SMILES string of the molecule is CCCCOc1c2n(c(Cc3ccccc3-c3ccncc3)nc1=O)CCN(C(C)C)C2=O. The topological polar surface area (TPSA) is 77.3 Å². The fourth-order valence-corrected chi connectivity index (χ4v) is 4.21. The second-order valence-corrected chi connectivity index (χ2v) is 8.53. The third-order valence-electron chi connectivity index (χ3n) is 5.97. The molecular formula is C26H30N4O3. The number of aromatic nitrogens is 3. The number of hydrogen-bond donors (Lipinski definition) is 0. The molecule has 7 nitrogen and oxygen atoms in total. The van der Waals surface area contributed by atoms with Gasteiger partial charge < -0.3 is 14.2 Å². The highest BCUT2D eigenvalue weighted by molar-refractivity contribution is 5.96. The Bertz CT molecular complexity index is 1190. The molecule has 4 rings (SSSR count). The fourth-order valence-electron chi connectivity index (χ4n) is 4.21. The van der Waals surface area contributed by atoms with Crippen LogP contribution in [0, 0.1) is 0 Å². The van der Waals surface area contributed by atoms with Crippen molar-refractivity contribution in [2.75, 3.05) is 13.2 Å². The average molecular weight is 447 g/mol. The first-order chi connectivity index (χ1) is 16.0. The van der Waals surface area contributed by atoms with E-state index < -0.39 is 5.56 Å². The lowest BCUT2D eigenvalue weighted by molar-refractivity contribution is 0.0635. The summed E-state index contributed by atoms with van der Waals surface area (Å²) in [6.45, 7) is 7.55. The molecule has 0 unspecified atom stereocenters. The molecule has 0 bridgehead atoms. The second-order valence-electron chi connectivity index (χ2n) is 8.53. The van der Waals surface area contributed by atoms with E-state index in [0.29, 0.717) is 37.6 Å². The maximum Gasteiger partial charge on any atom is 0.316 e. The van der Waals surface area contributed by atoms with Crippen LogP contribution in [0.5, 0.6) is 5.75 Å². The van der Waals surface area contributed by atoms with E-state index in [0.717, 1.165) is 29.5 Å². The highest BCUT2D eigenvalue weighted by Gasteiger charge is 2.33. The Labute approximate surface area is 194 Å². The zero-order chi connectivity index (χ0) is 23.4. The Morgan fingerprint density at radius 1 is 1.06 bits per heavy atom. The molecule has 0 fully saturated rings. The third kappa shape index (κ3) is 4.67. The number of amides is 1. The number of fused-ring (bicyclic) bond motifs is 1. The summed E-state index contributed by atoms with van der Waals surface area (Å²) >= 11 is 0. The summed E-state index contributed by atoms with van der Waals surface area (Å²) in [7, 11) is 0. The summed E-state index contributed by atoms with van der Waals surface area (Å²) in [6.07, 6.45) is 5.70. The molecule has 0 aliphatic carbocycles. The molecule has 1 amide bonds. The molecule has 0 saturated heterocycles. The van der Waals surface area contributed by atoms with Crippen molar-refractivity contribution >= 4 is 5.91 Å². The Kier molecular flexibility index (Phi) is 6.87. The molecule has 172 valence electrons. The van der Waals surface area contributed by atoms with Gasteiger partial charge in [0, 0.05) is 37.9 Å². The van der Waals surface area contributed by atoms with E-state index in [1.54, 1.807) is 17.3 Å². The zero-order valence-electron chi connectivity index (χ0n) is 19.5. The van der Waals surface area contributed by atoms with Gasteiger partial charge in [-0.1, -0.05) is 37.6 Å². The van der Waals surface area contributed by atoms with Gasteiger partial charge in [-0.25, -0.2) is 0 Å². The summed E-state index contributed by atoms with van der Waals surface area (Å²) in [6, 6.07) is 12.0. The van der Waals surface area contributed by atoms with Gasteiger partial charge in [0.2, 0.25) is 5.75 Å². The number of rotatable bonds is 8. The number of unbranched alkanes of at least 4 members (excludes halogenated alkanes) is 1. The number of carbonyl (C=O) groups is 1. The van der Waals surface area contributed by atoms with Crippen molar-refractivity contribution in [3.8, 4) is 16.9 Å². The molecule has 2 aromatic heterocycles. The van der Waals surface area contributed by atoms with Gasteiger partial charge >= 0.3 is 5.56 Å². The first kappa shape index (κ1) is 22.7. The molecule has 0 N–H and O–H groups in total. The van der Waals surface area contributed by atoms with Gasteiger partial charge in [-0.2, -0.15) is 4.98 Å². The Morgan fingerprint density at radius 3 is 2.55 bits per heavy atom. The number of carbonyl (C=O) groups excluding carboxylic acids is 1. The van der Waals surface area contributed by atoms with E-state index in [4.69, 9.17) is 4.74 Å². The summed E-state index contributed by atoms with van der Waals surface area (Å²) in [4.78, 5) is 36.8. The smallest absolute Gasteiger partial charge is 0.316 e. The number of pyridine rings is 1. The van der Waals surface area contributed by atoms with E-state index in [-0.39, 0.29) is 17.7 Å². The molecule has 0 radical (unpaired) electrons. The van der Waals surface area contributed by atoms with E-state index in [1.165, 1.54) is 0 Å². The average Bonchev–Trinajstić information content (AvgIpc) is 2.82. The van der Waals surface area contributed by atoms with Crippen molar-refractivity contribution in [2.24, 2.45) is 0 Å². The van der Waals surface area contributed by atoms with Crippen molar-refractivity contribution in [1.29, 1.82) is 0 Å². The highest BCUT2D eigenvalue weighted by atomic mass is 16.5. The van der Waals surface area contributed by atoms with Crippen LogP contribution in [0.4, 0.5) is 0 Å². The summed E-state index contributed by atoms with van der Waals surface area (Å²) in [5.41, 5.74) is 2.97. The number of nitrogens with zero attached hydrogens (tertiary/aromatic N) is 4. The molecule has 0 spiro atoms. The predicted octanol–water partition coefficient (Wildman–Crippen LogP) is 3.94. The maximum absolute atomic E-state index is 13.4. The molecule has 33 heavy (non-hydrogen) atoms. The van der Waals surface area contributed by atoms with Crippen LogP contribution in [0.15, 0.2) is 53.6 Å². The molecule has 1 aromatic carbocycles. The molecule has 3 heterocycles. The minimum absolute atomic E-state index is 0.0360. The van der Waals surface area contributed by atoms with Crippen molar-refractivity contribution < 1.29 is 9.53 Å². The van der Waals surface area contributed by atoms with Gasteiger partial charge in [-0.15, -0.1) is 0 Å².